The van der Waals surface area contributed by atoms with E-state index in [2.05, 4.69) is 17.2 Å². The molecule has 7 heteroatoms. The van der Waals surface area contributed by atoms with E-state index in [-0.39, 0.29) is 6.09 Å². The molecule has 3 N–H and O–H groups in total. The van der Waals surface area contributed by atoms with Gasteiger partial charge >= 0.3 is 6.09 Å². The molecule has 0 heterocycles. The number of nitrogens with one attached hydrogen (secondary N) is 1. The van der Waals surface area contributed by atoms with Gasteiger partial charge < -0.3 is 25.4 Å². The van der Waals surface area contributed by atoms with Crippen LogP contribution in [-0.2, 0) is 9.47 Å². The Kier molecular flexibility index (Phi) is 10.4. The number of carbonyl (C=O) groups is 1. The second-order valence-electron chi connectivity index (χ2n) is 6.01. The highest BCUT2D eigenvalue weighted by atomic mass is 16.6. The van der Waals surface area contributed by atoms with Gasteiger partial charge in [0.15, 0.2) is 5.96 Å². The third kappa shape index (κ3) is 11.2. The molecule has 0 saturated heterocycles. The zero-order valence-electron chi connectivity index (χ0n) is 14.6. The molecule has 1 amide bonds. The van der Waals surface area contributed by atoms with Gasteiger partial charge in [-0.1, -0.05) is 13.3 Å². The Morgan fingerprint density at radius 3 is 2.55 bits per heavy atom. The van der Waals surface area contributed by atoms with Crippen molar-refractivity contribution < 1.29 is 14.3 Å². The first kappa shape index (κ1) is 20.5. The van der Waals surface area contributed by atoms with Gasteiger partial charge in [0, 0.05) is 33.3 Å². The molecular weight excluding hydrogens is 284 g/mol. The summed E-state index contributed by atoms with van der Waals surface area (Å²) in [7, 11) is 1.60. The lowest BCUT2D eigenvalue weighted by Crippen LogP contribution is -2.44. The van der Waals surface area contributed by atoms with E-state index in [1.807, 2.05) is 20.8 Å². The summed E-state index contributed by atoms with van der Waals surface area (Å²) in [6.45, 7) is 10.3. The molecule has 0 aliphatic rings. The minimum Gasteiger partial charge on any atom is -0.444 e. The molecule has 0 aromatic rings. The Bertz CT molecular complexity index is 340. The summed E-state index contributed by atoms with van der Waals surface area (Å²) in [5, 5.41) is 3.00. The van der Waals surface area contributed by atoms with E-state index >= 15 is 0 Å². The average Bonchev–Trinajstić information content (AvgIpc) is 2.40. The number of nitrogens with two attached hydrogens (primary N) is 1. The molecule has 0 fully saturated rings. The molecule has 0 aromatic heterocycles. The number of unbranched alkanes of at least 4 members (excludes halogenated alkanes) is 1. The Labute approximate surface area is 134 Å². The molecule has 22 heavy (non-hydrogen) atoms. The summed E-state index contributed by atoms with van der Waals surface area (Å²) in [5.74, 6) is 0.407. The molecule has 0 rings (SSSR count). The number of aliphatic imine (C=N–C) groups is 1. The first-order chi connectivity index (χ1) is 10.3. The standard InChI is InChI=1S/C15H32N4O3/c1-6-7-8-17-13(16)18-9-10-19(11-12-21-5)14(20)22-15(2,3)4/h6-12H2,1-5H3,(H3,16,17,18). The maximum Gasteiger partial charge on any atom is 0.410 e. The first-order valence-corrected chi connectivity index (χ1v) is 7.80. The van der Waals surface area contributed by atoms with E-state index in [4.69, 9.17) is 15.2 Å². The topological polar surface area (TPSA) is 89.2 Å². The molecule has 0 aliphatic carbocycles. The smallest absolute Gasteiger partial charge is 0.410 e. The number of ether oxygens (including phenoxy) is 2. The SMILES string of the molecule is CCCCN=C(N)NCCN(CCOC)C(=O)OC(C)(C)C. The number of carbonyl (C=O) groups excluding carboxylic acids is 1. The number of hydrogen-bond donors (Lipinski definition) is 2. The summed E-state index contributed by atoms with van der Waals surface area (Å²) >= 11 is 0. The highest BCUT2D eigenvalue weighted by Gasteiger charge is 2.21. The van der Waals surface area contributed by atoms with Crippen LogP contribution in [0.5, 0.6) is 0 Å². The minimum absolute atomic E-state index is 0.354. The summed E-state index contributed by atoms with van der Waals surface area (Å²) in [6, 6.07) is 0. The lowest BCUT2D eigenvalue weighted by atomic mass is 10.2. The van der Waals surface area contributed by atoms with Gasteiger partial charge in [-0.3, -0.25) is 4.99 Å². The van der Waals surface area contributed by atoms with Crippen molar-refractivity contribution in [3.05, 3.63) is 0 Å². The van der Waals surface area contributed by atoms with Crippen molar-refractivity contribution in [3.8, 4) is 0 Å². The van der Waals surface area contributed by atoms with Crippen molar-refractivity contribution in [2.75, 3.05) is 39.9 Å². The molecule has 0 spiro atoms. The van der Waals surface area contributed by atoms with Crippen molar-refractivity contribution in [1.82, 2.24) is 10.2 Å². The number of methoxy groups -OCH3 is 1. The fourth-order valence-corrected chi connectivity index (χ4v) is 1.55. The van der Waals surface area contributed by atoms with E-state index in [1.165, 1.54) is 0 Å². The van der Waals surface area contributed by atoms with Crippen molar-refractivity contribution in [2.24, 2.45) is 10.7 Å². The third-order valence-electron chi connectivity index (χ3n) is 2.70. The van der Waals surface area contributed by atoms with Crippen LogP contribution in [0.25, 0.3) is 0 Å². The molecule has 0 saturated carbocycles. The molecule has 0 bridgehead atoms. The predicted molar refractivity (Wildman–Crippen MR) is 89.1 cm³/mol. The first-order valence-electron chi connectivity index (χ1n) is 7.80. The number of guanidine groups is 1. The van der Waals surface area contributed by atoms with E-state index in [0.717, 1.165) is 19.4 Å². The van der Waals surface area contributed by atoms with Crippen LogP contribution in [0.2, 0.25) is 0 Å². The second kappa shape index (κ2) is 11.1. The van der Waals surface area contributed by atoms with E-state index in [0.29, 0.717) is 32.2 Å². The molecule has 0 atom stereocenters. The van der Waals surface area contributed by atoms with Crippen LogP contribution >= 0.6 is 0 Å². The van der Waals surface area contributed by atoms with Gasteiger partial charge in [0.1, 0.15) is 5.60 Å². The number of nitrogens with zero attached hydrogens (tertiary/aromatic N) is 2. The zero-order valence-corrected chi connectivity index (χ0v) is 14.6. The third-order valence-corrected chi connectivity index (χ3v) is 2.70. The van der Waals surface area contributed by atoms with Crippen LogP contribution in [-0.4, -0.2) is 62.4 Å². The fourth-order valence-electron chi connectivity index (χ4n) is 1.55. The van der Waals surface area contributed by atoms with Crippen molar-refractivity contribution in [1.29, 1.82) is 0 Å². The summed E-state index contributed by atoms with van der Waals surface area (Å²) in [4.78, 5) is 17.9. The quantitative estimate of drug-likeness (QED) is 0.383. The van der Waals surface area contributed by atoms with Crippen molar-refractivity contribution >= 4 is 12.1 Å². The number of hydrogen-bond acceptors (Lipinski definition) is 4. The van der Waals surface area contributed by atoms with Crippen LogP contribution in [0, 0.1) is 0 Å². The van der Waals surface area contributed by atoms with Crippen LogP contribution < -0.4 is 11.1 Å². The maximum absolute atomic E-state index is 12.1. The lowest BCUT2D eigenvalue weighted by Gasteiger charge is -2.27. The maximum atomic E-state index is 12.1. The van der Waals surface area contributed by atoms with Crippen molar-refractivity contribution in [3.63, 3.8) is 0 Å². The van der Waals surface area contributed by atoms with Gasteiger partial charge in [0.05, 0.1) is 6.61 Å². The lowest BCUT2D eigenvalue weighted by molar-refractivity contribution is 0.0206. The van der Waals surface area contributed by atoms with E-state index in [9.17, 15) is 4.79 Å². The predicted octanol–water partition coefficient (Wildman–Crippen LogP) is 1.57. The van der Waals surface area contributed by atoms with Gasteiger partial charge in [-0.05, 0) is 27.2 Å². The fraction of sp³-hybridized carbons (Fsp3) is 0.867. The molecular formula is C15H32N4O3. The van der Waals surface area contributed by atoms with Gasteiger partial charge in [0.2, 0.25) is 0 Å². The molecule has 7 nitrogen and oxygen atoms in total. The van der Waals surface area contributed by atoms with Crippen LogP contribution in [0.15, 0.2) is 4.99 Å². The highest BCUT2D eigenvalue weighted by molar-refractivity contribution is 5.77. The van der Waals surface area contributed by atoms with Crippen LogP contribution in [0.1, 0.15) is 40.5 Å². The Morgan fingerprint density at radius 1 is 1.32 bits per heavy atom. The second-order valence-corrected chi connectivity index (χ2v) is 6.01. The Balaban J connectivity index is 4.30. The van der Waals surface area contributed by atoms with Gasteiger partial charge in [-0.25, -0.2) is 4.79 Å². The Morgan fingerprint density at radius 2 is 2.00 bits per heavy atom. The highest BCUT2D eigenvalue weighted by Crippen LogP contribution is 2.09. The normalized spacial score (nSPS) is 12.1. The zero-order chi connectivity index (χ0) is 17.0. The van der Waals surface area contributed by atoms with E-state index in [1.54, 1.807) is 12.0 Å². The number of rotatable bonds is 9. The van der Waals surface area contributed by atoms with Gasteiger partial charge in [0.25, 0.3) is 0 Å². The average molecular weight is 316 g/mol. The monoisotopic (exact) mass is 316 g/mol. The Hall–Kier alpha value is -1.50. The number of amides is 1. The summed E-state index contributed by atoms with van der Waals surface area (Å²) < 4.78 is 10.4. The molecule has 0 aliphatic heterocycles. The minimum atomic E-state index is -0.517. The molecule has 0 radical (unpaired) electrons. The van der Waals surface area contributed by atoms with Crippen LogP contribution in [0.3, 0.4) is 0 Å². The van der Waals surface area contributed by atoms with E-state index < -0.39 is 5.60 Å². The molecule has 0 unspecified atom stereocenters. The van der Waals surface area contributed by atoms with Gasteiger partial charge in [-0.2, -0.15) is 0 Å². The largest absolute Gasteiger partial charge is 0.444 e. The summed E-state index contributed by atoms with van der Waals surface area (Å²) in [6.07, 6.45) is 1.74. The van der Waals surface area contributed by atoms with Crippen LogP contribution in [0.4, 0.5) is 4.79 Å². The molecule has 0 aromatic carbocycles. The molecule has 130 valence electrons. The van der Waals surface area contributed by atoms with Crippen molar-refractivity contribution in [2.45, 2.75) is 46.1 Å². The summed E-state index contributed by atoms with van der Waals surface area (Å²) in [5.41, 5.74) is 5.24. The van der Waals surface area contributed by atoms with Gasteiger partial charge in [-0.15, -0.1) is 0 Å².